The van der Waals surface area contributed by atoms with E-state index in [-0.39, 0.29) is 18.4 Å². The van der Waals surface area contributed by atoms with Gasteiger partial charge in [-0.1, -0.05) is 42.5 Å². The molecule has 0 bridgehead atoms. The lowest BCUT2D eigenvalue weighted by atomic mass is 9.93. The molecule has 8 heteroatoms. The van der Waals surface area contributed by atoms with E-state index >= 15 is 0 Å². The van der Waals surface area contributed by atoms with Gasteiger partial charge in [0.05, 0.1) is 19.3 Å². The highest BCUT2D eigenvalue weighted by Crippen LogP contribution is 2.26. The zero-order valence-electron chi connectivity index (χ0n) is 27.5. The number of nitrogens with one attached hydrogen (secondary N) is 2. The molecule has 1 heterocycles. The summed E-state index contributed by atoms with van der Waals surface area (Å²) in [6.45, 7) is 11.3. The van der Waals surface area contributed by atoms with Crippen LogP contribution < -0.4 is 20.3 Å². The summed E-state index contributed by atoms with van der Waals surface area (Å²) in [5.74, 6) is 0.370. The van der Waals surface area contributed by atoms with Crippen LogP contribution in [0, 0.1) is 0 Å². The van der Waals surface area contributed by atoms with Gasteiger partial charge in [-0.25, -0.2) is 0 Å². The minimum absolute atomic E-state index is 0.0854. The third-order valence-electron chi connectivity index (χ3n) is 8.82. The molecular formula is C37H50N4O4. The first-order valence-electron chi connectivity index (χ1n) is 16.3. The molecule has 1 aliphatic heterocycles. The number of methoxy groups -OCH3 is 1. The van der Waals surface area contributed by atoms with Gasteiger partial charge in [0.1, 0.15) is 5.75 Å². The van der Waals surface area contributed by atoms with Crippen molar-refractivity contribution in [3.05, 3.63) is 95.1 Å². The molecule has 0 aliphatic carbocycles. The number of hydrogen-bond donors (Lipinski definition) is 3. The van der Waals surface area contributed by atoms with Crippen molar-refractivity contribution >= 4 is 17.5 Å². The number of carbonyl (C=O) groups excluding carboxylic acids is 2. The Morgan fingerprint density at radius 3 is 2.29 bits per heavy atom. The van der Waals surface area contributed by atoms with Crippen molar-refractivity contribution in [2.45, 2.75) is 71.1 Å². The topological polar surface area (TPSA) is 94.1 Å². The van der Waals surface area contributed by atoms with Crippen LogP contribution in [0.2, 0.25) is 0 Å². The van der Waals surface area contributed by atoms with Gasteiger partial charge in [0.15, 0.2) is 0 Å². The summed E-state index contributed by atoms with van der Waals surface area (Å²) in [5, 5.41) is 18.2. The predicted molar refractivity (Wildman–Crippen MR) is 181 cm³/mol. The molecule has 3 N–H and O–H groups in total. The summed E-state index contributed by atoms with van der Waals surface area (Å²) in [6, 6.07) is 22.6. The van der Waals surface area contributed by atoms with Crippen molar-refractivity contribution in [2.75, 3.05) is 44.7 Å². The first kappa shape index (κ1) is 34.0. The highest BCUT2D eigenvalue weighted by Gasteiger charge is 2.28. The van der Waals surface area contributed by atoms with Gasteiger partial charge in [-0.2, -0.15) is 0 Å². The molecule has 0 radical (unpaired) electrons. The lowest BCUT2D eigenvalue weighted by Gasteiger charge is -2.32. The highest BCUT2D eigenvalue weighted by molar-refractivity contribution is 6.01. The monoisotopic (exact) mass is 614 g/mol. The lowest BCUT2D eigenvalue weighted by Crippen LogP contribution is -2.51. The Labute approximate surface area is 268 Å². The number of anilines is 1. The fourth-order valence-electron chi connectivity index (χ4n) is 5.91. The third kappa shape index (κ3) is 9.08. The van der Waals surface area contributed by atoms with Crippen molar-refractivity contribution in [2.24, 2.45) is 0 Å². The van der Waals surface area contributed by atoms with Gasteiger partial charge in [0.25, 0.3) is 11.8 Å². The molecule has 8 nitrogen and oxygen atoms in total. The summed E-state index contributed by atoms with van der Waals surface area (Å²) >= 11 is 0. The van der Waals surface area contributed by atoms with Crippen LogP contribution in [0.1, 0.15) is 78.8 Å². The molecule has 0 spiro atoms. The molecule has 1 aliphatic rings. The Bertz CT molecular complexity index is 1400. The lowest BCUT2D eigenvalue weighted by molar-refractivity contribution is 0.0773. The number of piperidine rings is 1. The Hall–Kier alpha value is -3.88. The Kier molecular flexibility index (Phi) is 12.0. The molecular weight excluding hydrogens is 564 g/mol. The fourth-order valence-corrected chi connectivity index (χ4v) is 5.91. The van der Waals surface area contributed by atoms with E-state index in [1.807, 2.05) is 80.6 Å². The molecule has 4 rings (SSSR count). The van der Waals surface area contributed by atoms with Gasteiger partial charge >= 0.3 is 0 Å². The van der Waals surface area contributed by atoms with Crippen LogP contribution >= 0.6 is 0 Å². The number of aliphatic hydroxyl groups is 1. The second-order valence-corrected chi connectivity index (χ2v) is 12.4. The van der Waals surface area contributed by atoms with Crippen LogP contribution in [-0.2, 0) is 12.0 Å². The van der Waals surface area contributed by atoms with Crippen molar-refractivity contribution in [1.29, 1.82) is 0 Å². The van der Waals surface area contributed by atoms with Gasteiger partial charge in [-0.15, -0.1) is 0 Å². The number of nitrogens with zero attached hydrogens (tertiary/aromatic N) is 2. The minimum atomic E-state index is -0.888. The first-order valence-corrected chi connectivity index (χ1v) is 16.3. The first-order chi connectivity index (χ1) is 21.6. The van der Waals surface area contributed by atoms with Gasteiger partial charge in [0.2, 0.25) is 0 Å². The smallest absolute Gasteiger partial charge is 0.253 e. The summed E-state index contributed by atoms with van der Waals surface area (Å²) in [4.78, 5) is 31.4. The second-order valence-electron chi connectivity index (χ2n) is 12.4. The molecule has 45 heavy (non-hydrogen) atoms. The molecule has 2 amide bonds. The number of carbonyl (C=O) groups is 2. The van der Waals surface area contributed by atoms with Gasteiger partial charge in [0, 0.05) is 55.1 Å². The molecule has 0 saturated carbocycles. The molecule has 3 aromatic rings. The standard InChI is InChI=1S/C37H50N4O4/c1-6-40(7-2)36(44)29-22-28(23-31(24-29)41-19-12-9-13-20-41)35(43)39-33(21-27-15-10-8-11-16-27)34(42)26-38-37(3,4)30-17-14-18-32(25-30)45-5/h8,10-11,14-18,22-25,33-34,38,42H,6-7,9,12-13,19-21,26H2,1-5H3,(H,39,43)/t33-,34+/m0/s1. The second kappa shape index (κ2) is 15.9. The number of benzene rings is 3. The van der Waals surface area contributed by atoms with Crippen LogP contribution in [0.4, 0.5) is 5.69 Å². The van der Waals surface area contributed by atoms with E-state index in [0.29, 0.717) is 30.6 Å². The van der Waals surface area contributed by atoms with Gasteiger partial charge < -0.3 is 30.3 Å². The van der Waals surface area contributed by atoms with Crippen molar-refractivity contribution in [3.8, 4) is 5.75 Å². The highest BCUT2D eigenvalue weighted by atomic mass is 16.5. The van der Waals surface area contributed by atoms with Crippen LogP contribution in [-0.4, -0.2) is 73.8 Å². The van der Waals surface area contributed by atoms with E-state index in [0.717, 1.165) is 48.5 Å². The minimum Gasteiger partial charge on any atom is -0.497 e. The van der Waals surface area contributed by atoms with Crippen LogP contribution in [0.25, 0.3) is 0 Å². The summed E-state index contributed by atoms with van der Waals surface area (Å²) in [6.07, 6.45) is 2.91. The maximum absolute atomic E-state index is 14.0. The SMILES string of the molecule is CCN(CC)C(=O)c1cc(C(=O)N[C@@H](Cc2ccccc2)[C@H](O)CNC(C)(C)c2cccc(OC)c2)cc(N2CCCCC2)c1. The van der Waals surface area contributed by atoms with Crippen LogP contribution in [0.15, 0.2) is 72.8 Å². The van der Waals surface area contributed by atoms with E-state index in [9.17, 15) is 14.7 Å². The summed E-state index contributed by atoms with van der Waals surface area (Å²) in [5.41, 5.74) is 3.39. The Morgan fingerprint density at radius 2 is 1.62 bits per heavy atom. The maximum Gasteiger partial charge on any atom is 0.253 e. The number of hydrogen-bond acceptors (Lipinski definition) is 6. The largest absolute Gasteiger partial charge is 0.497 e. The summed E-state index contributed by atoms with van der Waals surface area (Å²) < 4.78 is 5.41. The van der Waals surface area contributed by atoms with Gasteiger partial charge in [-0.3, -0.25) is 9.59 Å². The quantitative estimate of drug-likeness (QED) is 0.225. The van der Waals surface area contributed by atoms with Crippen LogP contribution in [0.3, 0.4) is 0 Å². The number of rotatable bonds is 14. The fraction of sp³-hybridized carbons (Fsp3) is 0.459. The van der Waals surface area contributed by atoms with Gasteiger partial charge in [-0.05, 0) is 94.8 Å². The van der Waals surface area contributed by atoms with E-state index in [1.54, 1.807) is 18.1 Å². The molecule has 3 aromatic carbocycles. The molecule has 242 valence electrons. The normalized spacial score (nSPS) is 14.8. The van der Waals surface area contributed by atoms with E-state index < -0.39 is 17.7 Å². The van der Waals surface area contributed by atoms with Crippen molar-refractivity contribution in [1.82, 2.24) is 15.5 Å². The van der Waals surface area contributed by atoms with E-state index in [2.05, 4.69) is 29.4 Å². The average molecular weight is 615 g/mol. The third-order valence-corrected chi connectivity index (χ3v) is 8.82. The predicted octanol–water partition coefficient (Wildman–Crippen LogP) is 5.39. The number of amides is 2. The average Bonchev–Trinajstić information content (AvgIpc) is 3.08. The molecule has 1 fully saturated rings. The number of aliphatic hydroxyl groups excluding tert-OH is 1. The Balaban J connectivity index is 1.59. The molecule has 1 saturated heterocycles. The summed E-state index contributed by atoms with van der Waals surface area (Å²) in [7, 11) is 1.64. The van der Waals surface area contributed by atoms with E-state index in [1.165, 1.54) is 6.42 Å². The molecule has 0 aromatic heterocycles. The Morgan fingerprint density at radius 1 is 0.933 bits per heavy atom. The zero-order valence-corrected chi connectivity index (χ0v) is 27.5. The van der Waals surface area contributed by atoms with Crippen molar-refractivity contribution in [3.63, 3.8) is 0 Å². The molecule has 0 unspecified atom stereocenters. The molecule has 2 atom stereocenters. The van der Waals surface area contributed by atoms with Crippen LogP contribution in [0.5, 0.6) is 5.75 Å². The zero-order chi connectivity index (χ0) is 32.4. The number of ether oxygens (including phenoxy) is 1. The maximum atomic E-state index is 14.0. The van der Waals surface area contributed by atoms with Crippen molar-refractivity contribution < 1.29 is 19.4 Å². The van der Waals surface area contributed by atoms with E-state index in [4.69, 9.17) is 4.74 Å².